The normalized spacial score (nSPS) is 30.1. The van der Waals surface area contributed by atoms with Gasteiger partial charge in [-0.3, -0.25) is 0 Å². The first kappa shape index (κ1) is 10.1. The number of anilines is 1. The maximum absolute atomic E-state index is 11.5. The van der Waals surface area contributed by atoms with Crippen LogP contribution in [0.5, 0.6) is 0 Å². The molecule has 2 aromatic heterocycles. The van der Waals surface area contributed by atoms with Gasteiger partial charge in [-0.05, 0) is 43.2 Å². The molecule has 2 saturated carbocycles. The fourth-order valence-electron chi connectivity index (χ4n) is 3.49. The Morgan fingerprint density at radius 3 is 3.06 bits per heavy atom. The molecule has 18 heavy (non-hydrogen) atoms. The van der Waals surface area contributed by atoms with Crippen LogP contribution in [0.15, 0.2) is 16.9 Å². The average Bonchev–Trinajstić information content (AvgIpc) is 3.06. The van der Waals surface area contributed by atoms with Gasteiger partial charge in [-0.2, -0.15) is 9.61 Å². The van der Waals surface area contributed by atoms with Crippen LogP contribution in [0.1, 0.15) is 25.7 Å². The van der Waals surface area contributed by atoms with Crippen LogP contribution in [0, 0.1) is 11.8 Å². The van der Waals surface area contributed by atoms with Crippen molar-refractivity contribution in [3.05, 3.63) is 22.6 Å². The van der Waals surface area contributed by atoms with E-state index < -0.39 is 0 Å². The summed E-state index contributed by atoms with van der Waals surface area (Å²) in [4.78, 5) is 11.5. The topological polar surface area (TPSA) is 75.1 Å². The van der Waals surface area contributed by atoms with E-state index in [2.05, 4.69) is 20.6 Å². The molecule has 2 aliphatic rings. The highest BCUT2D eigenvalue weighted by Crippen LogP contribution is 2.45. The summed E-state index contributed by atoms with van der Waals surface area (Å²) < 4.78 is 1.30. The zero-order chi connectivity index (χ0) is 12.1. The number of nitrogens with one attached hydrogen (secondary N) is 2. The molecular weight excluding hydrogens is 230 g/mol. The summed E-state index contributed by atoms with van der Waals surface area (Å²) in [6.45, 7) is 0. The SMILES string of the molecule is O=c1[nH]nc2ccc(NC3CC4CCC3C4)nn12. The molecule has 6 heteroatoms. The molecule has 2 fully saturated rings. The lowest BCUT2D eigenvalue weighted by Gasteiger charge is -2.23. The van der Waals surface area contributed by atoms with Gasteiger partial charge in [0.2, 0.25) is 0 Å². The molecule has 0 aliphatic heterocycles. The van der Waals surface area contributed by atoms with Crippen LogP contribution in [0.2, 0.25) is 0 Å². The van der Waals surface area contributed by atoms with Crippen LogP contribution in [-0.2, 0) is 0 Å². The molecule has 2 aliphatic carbocycles. The summed E-state index contributed by atoms with van der Waals surface area (Å²) in [5.41, 5.74) is 0.264. The first-order valence-electron chi connectivity index (χ1n) is 6.50. The van der Waals surface area contributed by atoms with E-state index in [1.165, 1.54) is 30.2 Å². The van der Waals surface area contributed by atoms with E-state index in [9.17, 15) is 4.79 Å². The van der Waals surface area contributed by atoms with E-state index in [4.69, 9.17) is 0 Å². The number of hydrogen-bond acceptors (Lipinski definition) is 4. The molecule has 2 N–H and O–H groups in total. The average molecular weight is 245 g/mol. The Labute approximate surface area is 103 Å². The van der Waals surface area contributed by atoms with Crippen molar-refractivity contribution in [2.75, 3.05) is 5.32 Å². The van der Waals surface area contributed by atoms with Gasteiger partial charge in [-0.15, -0.1) is 5.10 Å². The van der Waals surface area contributed by atoms with E-state index >= 15 is 0 Å². The number of rotatable bonds is 2. The molecule has 3 atom stereocenters. The minimum atomic E-state index is -0.290. The van der Waals surface area contributed by atoms with Gasteiger partial charge >= 0.3 is 5.69 Å². The molecule has 0 amide bonds. The summed E-state index contributed by atoms with van der Waals surface area (Å²) >= 11 is 0. The van der Waals surface area contributed by atoms with Crippen LogP contribution in [-0.4, -0.2) is 25.9 Å². The Hall–Kier alpha value is -1.85. The fourth-order valence-corrected chi connectivity index (χ4v) is 3.49. The molecular formula is C12H15N5O. The molecule has 0 saturated heterocycles. The third-order valence-corrected chi connectivity index (χ3v) is 4.34. The fraction of sp³-hybridized carbons (Fsp3) is 0.583. The van der Waals surface area contributed by atoms with Gasteiger partial charge in [0.25, 0.3) is 0 Å². The first-order valence-corrected chi connectivity index (χ1v) is 6.50. The largest absolute Gasteiger partial charge is 0.366 e. The Morgan fingerprint density at radius 1 is 1.33 bits per heavy atom. The van der Waals surface area contributed by atoms with Gasteiger partial charge in [0, 0.05) is 6.04 Å². The first-order chi connectivity index (χ1) is 8.79. The minimum Gasteiger partial charge on any atom is -0.366 e. The monoisotopic (exact) mass is 245 g/mol. The van der Waals surface area contributed by atoms with Gasteiger partial charge < -0.3 is 5.32 Å². The molecule has 4 rings (SSSR count). The molecule has 6 nitrogen and oxygen atoms in total. The minimum absolute atomic E-state index is 0.290. The Bertz CT molecular complexity index is 645. The third-order valence-electron chi connectivity index (χ3n) is 4.34. The van der Waals surface area contributed by atoms with E-state index in [1.54, 1.807) is 6.07 Å². The van der Waals surface area contributed by atoms with Crippen LogP contribution in [0.3, 0.4) is 0 Å². The summed E-state index contributed by atoms with van der Waals surface area (Å²) in [5.74, 6) is 2.45. The predicted molar refractivity (Wildman–Crippen MR) is 66.5 cm³/mol. The zero-order valence-corrected chi connectivity index (χ0v) is 9.97. The predicted octanol–water partition coefficient (Wildman–Crippen LogP) is 1.02. The number of aromatic amines is 1. The van der Waals surface area contributed by atoms with Crippen LogP contribution >= 0.6 is 0 Å². The van der Waals surface area contributed by atoms with Gasteiger partial charge in [0.1, 0.15) is 5.82 Å². The van der Waals surface area contributed by atoms with Crippen molar-refractivity contribution >= 4 is 11.5 Å². The highest BCUT2D eigenvalue weighted by Gasteiger charge is 2.39. The Kier molecular flexibility index (Phi) is 2.00. The second-order valence-electron chi connectivity index (χ2n) is 5.44. The van der Waals surface area contributed by atoms with Crippen molar-refractivity contribution < 1.29 is 0 Å². The van der Waals surface area contributed by atoms with E-state index in [0.29, 0.717) is 11.7 Å². The molecule has 94 valence electrons. The second kappa shape index (κ2) is 3.57. The number of fused-ring (bicyclic) bond motifs is 3. The van der Waals surface area contributed by atoms with Crippen molar-refractivity contribution in [3.8, 4) is 0 Å². The van der Waals surface area contributed by atoms with Crippen molar-refractivity contribution in [1.29, 1.82) is 0 Å². The van der Waals surface area contributed by atoms with Gasteiger partial charge in [-0.1, -0.05) is 6.42 Å². The summed E-state index contributed by atoms with van der Waals surface area (Å²) in [5, 5.41) is 14.0. The third kappa shape index (κ3) is 1.45. The summed E-state index contributed by atoms with van der Waals surface area (Å²) in [6, 6.07) is 4.22. The summed E-state index contributed by atoms with van der Waals surface area (Å²) in [6.07, 6.45) is 5.31. The maximum atomic E-state index is 11.5. The standard InChI is InChI=1S/C12H15N5O/c18-12-15-14-11-4-3-10(16-17(11)12)13-9-6-7-1-2-8(9)5-7/h3-4,7-9H,1-2,5-6H2,(H,13,16)(H,15,18). The van der Waals surface area contributed by atoms with Gasteiger partial charge in [0.05, 0.1) is 0 Å². The molecule has 0 spiro atoms. The van der Waals surface area contributed by atoms with E-state index in [1.807, 2.05) is 6.07 Å². The van der Waals surface area contributed by atoms with E-state index in [-0.39, 0.29) is 5.69 Å². The van der Waals surface area contributed by atoms with Crippen molar-refractivity contribution in [2.24, 2.45) is 11.8 Å². The molecule has 2 heterocycles. The zero-order valence-electron chi connectivity index (χ0n) is 9.97. The van der Waals surface area contributed by atoms with Crippen molar-refractivity contribution in [2.45, 2.75) is 31.7 Å². The van der Waals surface area contributed by atoms with Gasteiger partial charge in [-0.25, -0.2) is 9.89 Å². The number of hydrogen-bond donors (Lipinski definition) is 2. The lowest BCUT2D eigenvalue weighted by molar-refractivity contribution is 0.438. The van der Waals surface area contributed by atoms with Crippen molar-refractivity contribution in [3.63, 3.8) is 0 Å². The van der Waals surface area contributed by atoms with Crippen LogP contribution in [0.25, 0.3) is 5.65 Å². The summed E-state index contributed by atoms with van der Waals surface area (Å²) in [7, 11) is 0. The van der Waals surface area contributed by atoms with E-state index in [0.717, 1.165) is 17.7 Å². The van der Waals surface area contributed by atoms with Crippen molar-refractivity contribution in [1.82, 2.24) is 19.8 Å². The Balaban J connectivity index is 1.63. The van der Waals surface area contributed by atoms with Crippen LogP contribution in [0.4, 0.5) is 5.82 Å². The molecule has 3 unspecified atom stereocenters. The molecule has 0 radical (unpaired) electrons. The Morgan fingerprint density at radius 2 is 2.28 bits per heavy atom. The molecule has 0 aromatic carbocycles. The highest BCUT2D eigenvalue weighted by atomic mass is 16.2. The highest BCUT2D eigenvalue weighted by molar-refractivity contribution is 5.43. The molecule has 2 aromatic rings. The number of nitrogens with zero attached hydrogens (tertiary/aromatic N) is 3. The maximum Gasteiger partial charge on any atom is 0.364 e. The lowest BCUT2D eigenvalue weighted by Crippen LogP contribution is -2.27. The second-order valence-corrected chi connectivity index (χ2v) is 5.44. The quantitative estimate of drug-likeness (QED) is 0.828. The molecule has 2 bridgehead atoms. The smallest absolute Gasteiger partial charge is 0.364 e. The van der Waals surface area contributed by atoms with Crippen LogP contribution < -0.4 is 11.0 Å². The number of aromatic nitrogens is 4. The number of H-pyrrole nitrogens is 1. The van der Waals surface area contributed by atoms with Gasteiger partial charge in [0.15, 0.2) is 5.65 Å². The lowest BCUT2D eigenvalue weighted by atomic mass is 9.95.